The molecule has 1 unspecified atom stereocenters. The highest BCUT2D eigenvalue weighted by Crippen LogP contribution is 2.57. The van der Waals surface area contributed by atoms with Crippen LogP contribution in [0.25, 0.3) is 0 Å². The number of piperidine rings is 1. The maximum absolute atomic E-state index is 13.6. The van der Waals surface area contributed by atoms with Crippen LogP contribution in [0.2, 0.25) is 0 Å². The number of carbonyl (C=O) groups excluding carboxylic acids is 2. The van der Waals surface area contributed by atoms with Crippen LogP contribution in [0.3, 0.4) is 0 Å². The molecule has 0 radical (unpaired) electrons. The van der Waals surface area contributed by atoms with Crippen molar-refractivity contribution >= 4 is 23.3 Å². The number of anilines is 2. The lowest BCUT2D eigenvalue weighted by atomic mass is 9.62. The van der Waals surface area contributed by atoms with Crippen LogP contribution in [-0.4, -0.2) is 37.0 Å². The van der Waals surface area contributed by atoms with E-state index >= 15 is 0 Å². The number of nitrogens with zero attached hydrogens (tertiary/aromatic N) is 3. The Morgan fingerprint density at radius 1 is 0.844 bits per heavy atom. The highest BCUT2D eigenvalue weighted by Gasteiger charge is 2.62. The minimum Gasteiger partial charge on any atom is -0.324 e. The molecule has 162 valence electrons. The third-order valence-electron chi connectivity index (χ3n) is 6.93. The predicted molar refractivity (Wildman–Crippen MR) is 127 cm³/mol. The molecule has 0 N–H and O–H groups in total. The topological polar surface area (TPSA) is 43.9 Å². The molecule has 3 aromatic rings. The van der Waals surface area contributed by atoms with Gasteiger partial charge in [-0.1, -0.05) is 66.7 Å². The number of urea groups is 1. The summed E-state index contributed by atoms with van der Waals surface area (Å²) in [5.74, 6) is 0.168. The van der Waals surface area contributed by atoms with Crippen LogP contribution in [0.4, 0.5) is 16.2 Å². The molecule has 1 spiro atoms. The van der Waals surface area contributed by atoms with Gasteiger partial charge in [0, 0.05) is 31.5 Å². The summed E-state index contributed by atoms with van der Waals surface area (Å²) < 4.78 is 0. The van der Waals surface area contributed by atoms with Crippen molar-refractivity contribution in [3.63, 3.8) is 0 Å². The number of rotatable bonds is 3. The zero-order valence-corrected chi connectivity index (χ0v) is 18.2. The zero-order chi connectivity index (χ0) is 22.1. The van der Waals surface area contributed by atoms with Crippen molar-refractivity contribution in [3.05, 3.63) is 96.6 Å². The highest BCUT2D eigenvalue weighted by molar-refractivity contribution is 6.06. The number of para-hydroxylation sites is 2. The van der Waals surface area contributed by atoms with E-state index in [1.54, 1.807) is 11.9 Å². The maximum atomic E-state index is 13.6. The second kappa shape index (κ2) is 8.15. The molecule has 0 aliphatic carbocycles. The molecule has 3 amide bonds. The van der Waals surface area contributed by atoms with Crippen LogP contribution in [0.15, 0.2) is 91.0 Å². The number of β-lactam (4-membered cyclic amide) rings is 1. The maximum Gasteiger partial charge on any atom is 0.324 e. The Kier molecular flexibility index (Phi) is 5.17. The van der Waals surface area contributed by atoms with Gasteiger partial charge in [-0.3, -0.25) is 9.69 Å². The molecule has 2 heterocycles. The molecular formula is C27H27N3O2. The molecule has 2 fully saturated rings. The van der Waals surface area contributed by atoms with E-state index in [1.807, 2.05) is 88.7 Å². The van der Waals surface area contributed by atoms with E-state index in [0.717, 1.165) is 16.9 Å². The summed E-state index contributed by atoms with van der Waals surface area (Å²) in [5.41, 5.74) is 2.49. The summed E-state index contributed by atoms with van der Waals surface area (Å²) in [7, 11) is 1.81. The van der Waals surface area contributed by atoms with E-state index in [0.29, 0.717) is 25.9 Å². The molecule has 2 aliphatic heterocycles. The summed E-state index contributed by atoms with van der Waals surface area (Å²) in [6, 6.07) is 29.8. The van der Waals surface area contributed by atoms with Gasteiger partial charge >= 0.3 is 6.03 Å². The lowest BCUT2D eigenvalue weighted by Gasteiger charge is -2.59. The molecular weight excluding hydrogens is 398 g/mol. The van der Waals surface area contributed by atoms with Crippen LogP contribution >= 0.6 is 0 Å². The first-order chi connectivity index (χ1) is 15.6. The fraction of sp³-hybridized carbons (Fsp3) is 0.259. The smallest absolute Gasteiger partial charge is 0.324 e. The van der Waals surface area contributed by atoms with Crippen molar-refractivity contribution in [1.82, 2.24) is 4.90 Å². The summed E-state index contributed by atoms with van der Waals surface area (Å²) in [5, 5.41) is 0. The molecule has 2 saturated heterocycles. The molecule has 1 atom stereocenters. The lowest BCUT2D eigenvalue weighted by molar-refractivity contribution is -0.144. The van der Waals surface area contributed by atoms with Crippen molar-refractivity contribution in [2.75, 3.05) is 29.9 Å². The van der Waals surface area contributed by atoms with Gasteiger partial charge in [-0.05, 0) is 42.7 Å². The minimum atomic E-state index is -0.459. The molecule has 5 nitrogen and oxygen atoms in total. The van der Waals surface area contributed by atoms with Gasteiger partial charge in [0.2, 0.25) is 5.91 Å². The number of likely N-dealkylation sites (tertiary alicyclic amines) is 1. The van der Waals surface area contributed by atoms with Gasteiger partial charge in [0.15, 0.2) is 0 Å². The second-order valence-electron chi connectivity index (χ2n) is 8.64. The van der Waals surface area contributed by atoms with E-state index in [9.17, 15) is 9.59 Å². The number of benzene rings is 3. The summed E-state index contributed by atoms with van der Waals surface area (Å²) in [6.07, 6.45) is 1.34. The van der Waals surface area contributed by atoms with E-state index in [-0.39, 0.29) is 18.0 Å². The summed E-state index contributed by atoms with van der Waals surface area (Å²) >= 11 is 0. The SMILES string of the molecule is CN(C(=O)N1CCC2(CC1)C(=O)N(c1ccccc1)C2c1ccccc1)c1ccccc1. The standard InChI is InChI=1S/C27H27N3O2/c1-28(22-13-7-3-8-14-22)26(32)29-19-17-27(18-20-29)24(21-11-5-2-6-12-21)30(25(27)31)23-15-9-4-10-16-23/h2-16,24H,17-20H2,1H3. The second-order valence-corrected chi connectivity index (χ2v) is 8.64. The lowest BCUT2D eigenvalue weighted by Crippen LogP contribution is -2.67. The van der Waals surface area contributed by atoms with Crippen LogP contribution < -0.4 is 9.80 Å². The molecule has 2 aliphatic rings. The van der Waals surface area contributed by atoms with Gasteiger partial charge in [-0.2, -0.15) is 0 Å². The normalized spacial score (nSPS) is 19.5. The molecule has 0 bridgehead atoms. The Labute approximate surface area is 188 Å². The molecule has 0 aromatic heterocycles. The third-order valence-corrected chi connectivity index (χ3v) is 6.93. The number of hydrogen-bond acceptors (Lipinski definition) is 2. The molecule has 3 aromatic carbocycles. The molecule has 5 heteroatoms. The van der Waals surface area contributed by atoms with Gasteiger partial charge < -0.3 is 9.80 Å². The van der Waals surface area contributed by atoms with E-state index in [2.05, 4.69) is 12.1 Å². The van der Waals surface area contributed by atoms with Gasteiger partial charge in [-0.15, -0.1) is 0 Å². The first-order valence-electron chi connectivity index (χ1n) is 11.1. The largest absolute Gasteiger partial charge is 0.324 e. The first kappa shape index (κ1) is 20.3. The van der Waals surface area contributed by atoms with Crippen molar-refractivity contribution in [2.24, 2.45) is 5.41 Å². The third kappa shape index (κ3) is 3.25. The Hall–Kier alpha value is -3.60. The molecule has 5 rings (SSSR count). The van der Waals surface area contributed by atoms with Crippen molar-refractivity contribution in [3.8, 4) is 0 Å². The summed E-state index contributed by atoms with van der Waals surface area (Å²) in [4.78, 5) is 32.2. The fourth-order valence-electron chi connectivity index (χ4n) is 5.17. The first-order valence-corrected chi connectivity index (χ1v) is 11.1. The zero-order valence-electron chi connectivity index (χ0n) is 18.2. The van der Waals surface area contributed by atoms with Crippen molar-refractivity contribution in [2.45, 2.75) is 18.9 Å². The number of amides is 3. The Morgan fingerprint density at radius 2 is 1.38 bits per heavy atom. The van der Waals surface area contributed by atoms with Gasteiger partial charge in [0.25, 0.3) is 0 Å². The monoisotopic (exact) mass is 425 g/mol. The average molecular weight is 426 g/mol. The Balaban J connectivity index is 1.38. The van der Waals surface area contributed by atoms with E-state index < -0.39 is 5.41 Å². The van der Waals surface area contributed by atoms with Crippen LogP contribution in [0.1, 0.15) is 24.4 Å². The quantitative estimate of drug-likeness (QED) is 0.547. The van der Waals surface area contributed by atoms with Crippen LogP contribution in [-0.2, 0) is 4.79 Å². The number of carbonyl (C=O) groups is 2. The Morgan fingerprint density at radius 3 is 1.97 bits per heavy atom. The number of hydrogen-bond donors (Lipinski definition) is 0. The summed E-state index contributed by atoms with van der Waals surface area (Å²) in [6.45, 7) is 1.15. The highest BCUT2D eigenvalue weighted by atomic mass is 16.2. The molecule has 32 heavy (non-hydrogen) atoms. The van der Waals surface area contributed by atoms with Crippen molar-refractivity contribution in [1.29, 1.82) is 0 Å². The van der Waals surface area contributed by atoms with Gasteiger partial charge in [0.1, 0.15) is 0 Å². The van der Waals surface area contributed by atoms with Crippen molar-refractivity contribution < 1.29 is 9.59 Å². The van der Waals surface area contributed by atoms with Crippen LogP contribution in [0.5, 0.6) is 0 Å². The fourth-order valence-corrected chi connectivity index (χ4v) is 5.17. The van der Waals surface area contributed by atoms with Crippen LogP contribution in [0, 0.1) is 5.41 Å². The van der Waals surface area contributed by atoms with E-state index in [4.69, 9.17) is 0 Å². The molecule has 0 saturated carbocycles. The van der Waals surface area contributed by atoms with Gasteiger partial charge in [0.05, 0.1) is 11.5 Å². The average Bonchev–Trinajstić information content (AvgIpc) is 2.87. The minimum absolute atomic E-state index is 0.0114. The Bertz CT molecular complexity index is 1090. The van der Waals surface area contributed by atoms with E-state index in [1.165, 1.54) is 0 Å². The van der Waals surface area contributed by atoms with Gasteiger partial charge in [-0.25, -0.2) is 4.79 Å². The predicted octanol–water partition coefficient (Wildman–Crippen LogP) is 5.11.